The summed E-state index contributed by atoms with van der Waals surface area (Å²) in [5.41, 5.74) is 6.73. The van der Waals surface area contributed by atoms with E-state index < -0.39 is 0 Å². The predicted molar refractivity (Wildman–Crippen MR) is 93.3 cm³/mol. The van der Waals surface area contributed by atoms with Crippen molar-refractivity contribution in [3.63, 3.8) is 0 Å². The van der Waals surface area contributed by atoms with Crippen molar-refractivity contribution in [1.82, 2.24) is 24.6 Å². The molecule has 1 aliphatic rings. The minimum absolute atomic E-state index is 0.479. The monoisotopic (exact) mass is 317 g/mol. The Morgan fingerprint density at radius 2 is 2.17 bits per heavy atom. The lowest BCUT2D eigenvalue weighted by molar-refractivity contribution is 0.158. The Labute approximate surface area is 137 Å². The van der Waals surface area contributed by atoms with Crippen LogP contribution < -0.4 is 11.1 Å². The van der Waals surface area contributed by atoms with Crippen molar-refractivity contribution in [3.8, 4) is 0 Å². The number of unbranched alkanes of at least 4 members (excludes halogenated alkanes) is 1. The van der Waals surface area contributed by atoms with E-state index in [9.17, 15) is 0 Å². The summed E-state index contributed by atoms with van der Waals surface area (Å²) >= 11 is 0. The van der Waals surface area contributed by atoms with E-state index in [1.807, 2.05) is 7.05 Å². The number of hydrogen-bond acceptors (Lipinski definition) is 6. The summed E-state index contributed by atoms with van der Waals surface area (Å²) in [4.78, 5) is 11.4. The maximum Gasteiger partial charge on any atom is 0.226 e. The normalized spacial score (nSPS) is 19.3. The van der Waals surface area contributed by atoms with E-state index in [-0.39, 0.29) is 0 Å². The maximum atomic E-state index is 5.96. The van der Waals surface area contributed by atoms with Crippen molar-refractivity contribution in [2.75, 3.05) is 30.7 Å². The van der Waals surface area contributed by atoms with E-state index in [1.54, 1.807) is 10.9 Å². The van der Waals surface area contributed by atoms with Crippen LogP contribution in [0, 0.1) is 0 Å². The molecule has 0 bridgehead atoms. The van der Waals surface area contributed by atoms with Crippen molar-refractivity contribution >= 4 is 22.8 Å². The van der Waals surface area contributed by atoms with Crippen molar-refractivity contribution in [1.29, 1.82) is 0 Å². The summed E-state index contributed by atoms with van der Waals surface area (Å²) in [7, 11) is 1.86. The molecule has 1 unspecified atom stereocenters. The van der Waals surface area contributed by atoms with Gasteiger partial charge < -0.3 is 16.0 Å². The van der Waals surface area contributed by atoms with Gasteiger partial charge in [-0.1, -0.05) is 6.42 Å². The number of aromatic nitrogens is 4. The average molecular weight is 317 g/mol. The Balaban J connectivity index is 1.46. The molecule has 0 saturated carbocycles. The van der Waals surface area contributed by atoms with E-state index in [1.165, 1.54) is 38.8 Å². The Morgan fingerprint density at radius 3 is 3.00 bits per heavy atom. The smallest absolute Gasteiger partial charge is 0.226 e. The van der Waals surface area contributed by atoms with Crippen molar-refractivity contribution in [2.24, 2.45) is 7.05 Å². The number of hydrogen-bond donors (Lipinski definition) is 2. The van der Waals surface area contributed by atoms with Crippen LogP contribution in [-0.2, 0) is 7.05 Å². The predicted octanol–water partition coefficient (Wildman–Crippen LogP) is 2.01. The Bertz CT molecular complexity index is 651. The van der Waals surface area contributed by atoms with Crippen LogP contribution in [0.2, 0.25) is 0 Å². The summed E-state index contributed by atoms with van der Waals surface area (Å²) in [5, 5.41) is 8.25. The van der Waals surface area contributed by atoms with Crippen molar-refractivity contribution in [2.45, 2.75) is 45.1 Å². The first-order chi connectivity index (χ1) is 11.1. The molecule has 7 heteroatoms. The zero-order chi connectivity index (χ0) is 16.2. The molecule has 0 aromatic carbocycles. The molecule has 2 aromatic heterocycles. The molecule has 0 amide bonds. The van der Waals surface area contributed by atoms with E-state index in [4.69, 9.17) is 5.73 Å². The number of anilines is 2. The molecule has 3 heterocycles. The van der Waals surface area contributed by atoms with Gasteiger partial charge in [-0.2, -0.15) is 15.1 Å². The van der Waals surface area contributed by atoms with Gasteiger partial charge in [0.15, 0.2) is 5.65 Å². The van der Waals surface area contributed by atoms with Crippen molar-refractivity contribution < 1.29 is 0 Å². The van der Waals surface area contributed by atoms with Gasteiger partial charge in [-0.3, -0.25) is 4.68 Å². The number of rotatable bonds is 6. The minimum atomic E-state index is 0.479. The first kappa shape index (κ1) is 16.0. The fourth-order valence-electron chi connectivity index (χ4n) is 3.25. The standard InChI is InChI=1S/C16H27N7/c1-12-7-3-5-9-23(12)10-6-4-8-18-16-20-14(17)13-11-19-22(2)15(13)21-16/h11-12H,3-10H2,1-2H3,(H3,17,18,20,21). The fraction of sp³-hybridized carbons (Fsp3) is 0.688. The van der Waals surface area contributed by atoms with Crippen LogP contribution in [0.1, 0.15) is 39.0 Å². The molecule has 1 aliphatic heterocycles. The molecule has 23 heavy (non-hydrogen) atoms. The molecule has 2 aromatic rings. The van der Waals surface area contributed by atoms with Gasteiger partial charge in [-0.05, 0) is 45.7 Å². The van der Waals surface area contributed by atoms with Crippen molar-refractivity contribution in [3.05, 3.63) is 6.20 Å². The number of piperidine rings is 1. The number of nitrogen functional groups attached to an aromatic ring is 1. The maximum absolute atomic E-state index is 5.96. The Morgan fingerprint density at radius 1 is 1.30 bits per heavy atom. The first-order valence-electron chi connectivity index (χ1n) is 8.58. The van der Waals surface area contributed by atoms with Crippen LogP contribution in [-0.4, -0.2) is 50.3 Å². The topological polar surface area (TPSA) is 84.9 Å². The van der Waals surface area contributed by atoms with E-state index >= 15 is 0 Å². The molecule has 0 aliphatic carbocycles. The quantitative estimate of drug-likeness (QED) is 0.793. The zero-order valence-corrected chi connectivity index (χ0v) is 14.1. The van der Waals surface area contributed by atoms with Crippen LogP contribution in [0.15, 0.2) is 6.20 Å². The molecule has 1 fully saturated rings. The van der Waals surface area contributed by atoms with Gasteiger partial charge in [0, 0.05) is 19.6 Å². The van der Waals surface area contributed by atoms with Gasteiger partial charge in [-0.25, -0.2) is 0 Å². The van der Waals surface area contributed by atoms with E-state index in [2.05, 4.69) is 32.2 Å². The number of aryl methyl sites for hydroxylation is 1. The number of nitrogens with two attached hydrogens (primary N) is 1. The number of likely N-dealkylation sites (tertiary alicyclic amines) is 1. The van der Waals surface area contributed by atoms with Gasteiger partial charge in [0.1, 0.15) is 5.82 Å². The highest BCUT2D eigenvalue weighted by molar-refractivity contribution is 5.86. The Hall–Kier alpha value is -1.89. The van der Waals surface area contributed by atoms with Crippen LogP contribution in [0.3, 0.4) is 0 Å². The third-order valence-electron chi connectivity index (χ3n) is 4.72. The third-order valence-corrected chi connectivity index (χ3v) is 4.72. The van der Waals surface area contributed by atoms with Crippen LogP contribution in [0.25, 0.3) is 11.0 Å². The molecular formula is C16H27N7. The molecular weight excluding hydrogens is 290 g/mol. The molecule has 126 valence electrons. The van der Waals surface area contributed by atoms with Gasteiger partial charge in [0.05, 0.1) is 11.6 Å². The molecule has 1 atom stereocenters. The van der Waals surface area contributed by atoms with E-state index in [0.29, 0.717) is 11.8 Å². The van der Waals surface area contributed by atoms with Gasteiger partial charge >= 0.3 is 0 Å². The zero-order valence-electron chi connectivity index (χ0n) is 14.1. The lowest BCUT2D eigenvalue weighted by atomic mass is 10.0. The lowest BCUT2D eigenvalue weighted by Gasteiger charge is -2.33. The Kier molecular flexibility index (Phi) is 4.95. The highest BCUT2D eigenvalue weighted by atomic mass is 15.3. The van der Waals surface area contributed by atoms with Gasteiger partial charge in [-0.15, -0.1) is 0 Å². The summed E-state index contributed by atoms with van der Waals surface area (Å²) < 4.78 is 1.72. The van der Waals surface area contributed by atoms with Gasteiger partial charge in [0.25, 0.3) is 0 Å². The third kappa shape index (κ3) is 3.72. The second kappa shape index (κ2) is 7.12. The lowest BCUT2D eigenvalue weighted by Crippen LogP contribution is -2.38. The summed E-state index contributed by atoms with van der Waals surface area (Å²) in [5.74, 6) is 1.07. The second-order valence-corrected chi connectivity index (χ2v) is 6.45. The number of fused-ring (bicyclic) bond motifs is 1. The van der Waals surface area contributed by atoms with Crippen LogP contribution >= 0.6 is 0 Å². The molecule has 7 nitrogen and oxygen atoms in total. The summed E-state index contributed by atoms with van der Waals surface area (Å²) in [6.07, 6.45) is 8.08. The number of nitrogens with zero attached hydrogens (tertiary/aromatic N) is 5. The van der Waals surface area contributed by atoms with Crippen LogP contribution in [0.5, 0.6) is 0 Å². The molecule has 1 saturated heterocycles. The SMILES string of the molecule is CC1CCCCN1CCCCNc1nc(N)c2cnn(C)c2n1. The highest BCUT2D eigenvalue weighted by Gasteiger charge is 2.17. The fourth-order valence-corrected chi connectivity index (χ4v) is 3.25. The minimum Gasteiger partial charge on any atom is -0.383 e. The molecule has 0 spiro atoms. The number of nitrogens with one attached hydrogen (secondary N) is 1. The molecule has 3 N–H and O–H groups in total. The largest absolute Gasteiger partial charge is 0.383 e. The molecule has 3 rings (SSSR count). The first-order valence-corrected chi connectivity index (χ1v) is 8.58. The van der Waals surface area contributed by atoms with Gasteiger partial charge in [0.2, 0.25) is 5.95 Å². The average Bonchev–Trinajstić information content (AvgIpc) is 2.91. The van der Waals surface area contributed by atoms with Crippen LogP contribution in [0.4, 0.5) is 11.8 Å². The van der Waals surface area contributed by atoms with E-state index in [0.717, 1.165) is 30.0 Å². The highest BCUT2D eigenvalue weighted by Crippen LogP contribution is 2.19. The summed E-state index contributed by atoms with van der Waals surface area (Å²) in [6.45, 7) is 5.65. The second-order valence-electron chi connectivity index (χ2n) is 6.45. The molecule has 0 radical (unpaired) electrons. The summed E-state index contributed by atoms with van der Waals surface area (Å²) in [6, 6.07) is 0.743.